The first-order chi connectivity index (χ1) is 7.93. The van der Waals surface area contributed by atoms with Gasteiger partial charge in [-0.25, -0.2) is 0 Å². The molecule has 0 spiro atoms. The van der Waals surface area contributed by atoms with E-state index in [-0.39, 0.29) is 0 Å². The molecule has 2 heterocycles. The summed E-state index contributed by atoms with van der Waals surface area (Å²) in [5.74, 6) is 0. The summed E-state index contributed by atoms with van der Waals surface area (Å²) in [4.78, 5) is 0. The quantitative estimate of drug-likeness (QED) is 0.804. The summed E-state index contributed by atoms with van der Waals surface area (Å²) in [6.07, 6.45) is 2.46. The molecule has 82 valence electrons. The molecule has 1 aliphatic rings. The number of nitrogens with zero attached hydrogens (tertiary/aromatic N) is 1. The predicted octanol–water partition coefficient (Wildman–Crippen LogP) is 2.50. The van der Waals surface area contributed by atoms with Crippen molar-refractivity contribution in [2.24, 2.45) is 0 Å². The van der Waals surface area contributed by atoms with Gasteiger partial charge in [-0.3, -0.25) is 5.10 Å². The SMILES string of the molecule is c1ccc(-c2cc([C@@H]3CCCN3)[nH]n2)cc1. The Balaban J connectivity index is 1.87. The van der Waals surface area contributed by atoms with Crippen LogP contribution >= 0.6 is 0 Å². The molecule has 0 radical (unpaired) electrons. The average molecular weight is 213 g/mol. The molecule has 1 fully saturated rings. The van der Waals surface area contributed by atoms with E-state index in [4.69, 9.17) is 0 Å². The molecule has 1 aromatic heterocycles. The summed E-state index contributed by atoms with van der Waals surface area (Å²) < 4.78 is 0. The highest BCUT2D eigenvalue weighted by molar-refractivity contribution is 5.59. The highest BCUT2D eigenvalue weighted by atomic mass is 15.1. The number of H-pyrrole nitrogens is 1. The van der Waals surface area contributed by atoms with Crippen molar-refractivity contribution in [2.75, 3.05) is 6.54 Å². The van der Waals surface area contributed by atoms with Crippen LogP contribution in [0, 0.1) is 0 Å². The maximum atomic E-state index is 4.37. The molecule has 0 saturated carbocycles. The molecule has 16 heavy (non-hydrogen) atoms. The molecule has 3 rings (SSSR count). The van der Waals surface area contributed by atoms with Crippen LogP contribution in [0.3, 0.4) is 0 Å². The lowest BCUT2D eigenvalue weighted by atomic mass is 10.1. The number of nitrogens with one attached hydrogen (secondary N) is 2. The van der Waals surface area contributed by atoms with Gasteiger partial charge in [0.15, 0.2) is 0 Å². The molecule has 3 nitrogen and oxygen atoms in total. The lowest BCUT2D eigenvalue weighted by Gasteiger charge is -2.05. The zero-order valence-corrected chi connectivity index (χ0v) is 9.11. The van der Waals surface area contributed by atoms with Gasteiger partial charge in [-0.05, 0) is 25.5 Å². The minimum Gasteiger partial charge on any atom is -0.309 e. The van der Waals surface area contributed by atoms with Gasteiger partial charge in [0, 0.05) is 11.6 Å². The minimum absolute atomic E-state index is 0.463. The number of hydrogen-bond acceptors (Lipinski definition) is 2. The first-order valence-electron chi connectivity index (χ1n) is 5.77. The van der Waals surface area contributed by atoms with Crippen molar-refractivity contribution in [1.29, 1.82) is 0 Å². The van der Waals surface area contributed by atoms with Gasteiger partial charge >= 0.3 is 0 Å². The van der Waals surface area contributed by atoms with Crippen LogP contribution in [0.1, 0.15) is 24.6 Å². The van der Waals surface area contributed by atoms with Crippen LogP contribution in [0.25, 0.3) is 11.3 Å². The van der Waals surface area contributed by atoms with E-state index in [2.05, 4.69) is 33.7 Å². The summed E-state index contributed by atoms with van der Waals surface area (Å²) in [5, 5.41) is 11.0. The molecule has 1 aliphatic heterocycles. The number of aromatic amines is 1. The monoisotopic (exact) mass is 213 g/mol. The van der Waals surface area contributed by atoms with Crippen molar-refractivity contribution in [2.45, 2.75) is 18.9 Å². The average Bonchev–Trinajstić information content (AvgIpc) is 3.01. The number of rotatable bonds is 2. The van der Waals surface area contributed by atoms with E-state index in [1.54, 1.807) is 0 Å². The molecular formula is C13H15N3. The summed E-state index contributed by atoms with van der Waals surface area (Å²) in [7, 11) is 0. The number of aromatic nitrogens is 2. The van der Waals surface area contributed by atoms with Gasteiger partial charge < -0.3 is 5.32 Å². The van der Waals surface area contributed by atoms with Crippen LogP contribution in [0.2, 0.25) is 0 Å². The Morgan fingerprint density at radius 2 is 2.06 bits per heavy atom. The van der Waals surface area contributed by atoms with Crippen molar-refractivity contribution in [3.63, 3.8) is 0 Å². The molecule has 1 saturated heterocycles. The van der Waals surface area contributed by atoms with E-state index in [0.717, 1.165) is 12.2 Å². The Morgan fingerprint density at radius 1 is 1.19 bits per heavy atom. The molecule has 1 atom stereocenters. The summed E-state index contributed by atoms with van der Waals surface area (Å²) in [5.41, 5.74) is 3.41. The third kappa shape index (κ3) is 1.74. The van der Waals surface area contributed by atoms with Gasteiger partial charge in [-0.1, -0.05) is 30.3 Å². The lowest BCUT2D eigenvalue weighted by Crippen LogP contribution is -2.12. The smallest absolute Gasteiger partial charge is 0.0924 e. The maximum Gasteiger partial charge on any atom is 0.0924 e. The first kappa shape index (κ1) is 9.60. The fourth-order valence-corrected chi connectivity index (χ4v) is 2.22. The van der Waals surface area contributed by atoms with Crippen molar-refractivity contribution in [3.8, 4) is 11.3 Å². The predicted molar refractivity (Wildman–Crippen MR) is 64.0 cm³/mol. The molecule has 3 heteroatoms. The molecule has 2 N–H and O–H groups in total. The molecule has 1 aromatic carbocycles. The molecule has 0 aliphatic carbocycles. The van der Waals surface area contributed by atoms with Gasteiger partial charge in [0.2, 0.25) is 0 Å². The van der Waals surface area contributed by atoms with Gasteiger partial charge in [0.25, 0.3) is 0 Å². The number of hydrogen-bond donors (Lipinski definition) is 2. The Hall–Kier alpha value is -1.61. The van der Waals surface area contributed by atoms with Crippen molar-refractivity contribution < 1.29 is 0 Å². The van der Waals surface area contributed by atoms with Crippen molar-refractivity contribution in [3.05, 3.63) is 42.1 Å². The zero-order valence-electron chi connectivity index (χ0n) is 9.11. The minimum atomic E-state index is 0.463. The second kappa shape index (κ2) is 4.10. The van der Waals surface area contributed by atoms with Crippen LogP contribution < -0.4 is 5.32 Å². The fraction of sp³-hybridized carbons (Fsp3) is 0.308. The largest absolute Gasteiger partial charge is 0.309 e. The number of benzene rings is 1. The summed E-state index contributed by atoms with van der Waals surface area (Å²) in [6.45, 7) is 1.12. The van der Waals surface area contributed by atoms with Gasteiger partial charge in [0.05, 0.1) is 11.4 Å². The van der Waals surface area contributed by atoms with E-state index in [1.807, 2.05) is 18.2 Å². The first-order valence-corrected chi connectivity index (χ1v) is 5.77. The third-order valence-corrected chi connectivity index (χ3v) is 3.10. The highest BCUT2D eigenvalue weighted by Crippen LogP contribution is 2.25. The van der Waals surface area contributed by atoms with Gasteiger partial charge in [-0.2, -0.15) is 5.10 Å². The Bertz CT molecular complexity index is 455. The van der Waals surface area contributed by atoms with Crippen LogP contribution in [-0.4, -0.2) is 16.7 Å². The summed E-state index contributed by atoms with van der Waals surface area (Å²) >= 11 is 0. The highest BCUT2D eigenvalue weighted by Gasteiger charge is 2.18. The topological polar surface area (TPSA) is 40.7 Å². The van der Waals surface area contributed by atoms with Crippen molar-refractivity contribution in [1.82, 2.24) is 15.5 Å². The van der Waals surface area contributed by atoms with Crippen LogP contribution in [0.15, 0.2) is 36.4 Å². The maximum absolute atomic E-state index is 4.37. The molecule has 0 bridgehead atoms. The van der Waals surface area contributed by atoms with Crippen LogP contribution in [0.5, 0.6) is 0 Å². The van der Waals surface area contributed by atoms with E-state index in [1.165, 1.54) is 24.1 Å². The van der Waals surface area contributed by atoms with E-state index >= 15 is 0 Å². The standard InChI is InChI=1S/C13H15N3/c1-2-5-10(6-3-1)12-9-13(16-15-12)11-7-4-8-14-11/h1-3,5-6,9,11,14H,4,7-8H2,(H,15,16)/t11-/m0/s1. The Labute approximate surface area is 94.9 Å². The van der Waals surface area contributed by atoms with E-state index < -0.39 is 0 Å². The fourth-order valence-electron chi connectivity index (χ4n) is 2.22. The Morgan fingerprint density at radius 3 is 2.81 bits per heavy atom. The van der Waals surface area contributed by atoms with Gasteiger partial charge in [-0.15, -0.1) is 0 Å². The lowest BCUT2D eigenvalue weighted by molar-refractivity contribution is 0.625. The van der Waals surface area contributed by atoms with E-state index in [0.29, 0.717) is 6.04 Å². The molecule has 2 aromatic rings. The normalized spacial score (nSPS) is 20.1. The van der Waals surface area contributed by atoms with E-state index in [9.17, 15) is 0 Å². The second-order valence-corrected chi connectivity index (χ2v) is 4.22. The van der Waals surface area contributed by atoms with Gasteiger partial charge in [0.1, 0.15) is 0 Å². The zero-order chi connectivity index (χ0) is 10.8. The third-order valence-electron chi connectivity index (χ3n) is 3.10. The molecule has 0 amide bonds. The Kier molecular flexibility index (Phi) is 2.46. The van der Waals surface area contributed by atoms with Crippen LogP contribution in [-0.2, 0) is 0 Å². The van der Waals surface area contributed by atoms with Crippen molar-refractivity contribution >= 4 is 0 Å². The summed E-state index contributed by atoms with van der Waals surface area (Å²) in [6, 6.07) is 12.9. The molecule has 0 unspecified atom stereocenters. The second-order valence-electron chi connectivity index (χ2n) is 4.22. The molecular weight excluding hydrogens is 198 g/mol. The van der Waals surface area contributed by atoms with Crippen LogP contribution in [0.4, 0.5) is 0 Å².